The van der Waals surface area contributed by atoms with Crippen LogP contribution in [-0.2, 0) is 0 Å². The van der Waals surface area contributed by atoms with Gasteiger partial charge in [0.1, 0.15) is 11.9 Å². The zero-order valence-electron chi connectivity index (χ0n) is 10.0. The number of nitro benzene ring substituents is 1. The lowest BCUT2D eigenvalue weighted by atomic mass is 9.69. The summed E-state index contributed by atoms with van der Waals surface area (Å²) in [4.78, 5) is 10.1. The van der Waals surface area contributed by atoms with Crippen LogP contribution in [0.25, 0.3) is 0 Å². The summed E-state index contributed by atoms with van der Waals surface area (Å²) in [6, 6.07) is 3.62. The van der Waals surface area contributed by atoms with Crippen molar-refractivity contribution >= 4 is 21.6 Å². The molecule has 1 aliphatic rings. The number of ether oxygens (including phenoxy) is 1. The summed E-state index contributed by atoms with van der Waals surface area (Å²) >= 11 is 3.54. The molecule has 0 heterocycles. The summed E-state index contributed by atoms with van der Waals surface area (Å²) in [6.45, 7) is 4.12. The van der Waals surface area contributed by atoms with E-state index in [0.29, 0.717) is 10.6 Å². The molecule has 0 aliphatic heterocycles. The Balaban J connectivity index is 2.12. The molecule has 0 spiro atoms. The summed E-state index contributed by atoms with van der Waals surface area (Å²) in [5.74, 6) is -0.541. The van der Waals surface area contributed by atoms with Crippen LogP contribution < -0.4 is 4.74 Å². The number of hydrogen-bond donors (Lipinski definition) is 0. The van der Waals surface area contributed by atoms with Gasteiger partial charge in [0.15, 0.2) is 0 Å². The summed E-state index contributed by atoms with van der Waals surface area (Å²) in [5.41, 5.74) is -0.563. The van der Waals surface area contributed by atoms with Gasteiger partial charge in [-0.1, -0.05) is 29.8 Å². The van der Waals surface area contributed by atoms with E-state index in [-0.39, 0.29) is 11.5 Å². The van der Waals surface area contributed by atoms with Crippen LogP contribution in [0.2, 0.25) is 0 Å². The van der Waals surface area contributed by atoms with Gasteiger partial charge in [-0.25, -0.2) is 0 Å². The van der Waals surface area contributed by atoms with Gasteiger partial charge in [-0.15, -0.1) is 0 Å². The number of alkyl halides is 1. The van der Waals surface area contributed by atoms with Crippen molar-refractivity contribution in [2.24, 2.45) is 5.41 Å². The van der Waals surface area contributed by atoms with E-state index in [2.05, 4.69) is 29.8 Å². The quantitative estimate of drug-likeness (QED) is 0.485. The molecule has 2 rings (SSSR count). The minimum atomic E-state index is -0.870. The number of benzene rings is 1. The zero-order chi connectivity index (χ0) is 13.5. The minimum absolute atomic E-state index is 0.0114. The van der Waals surface area contributed by atoms with Gasteiger partial charge in [0.2, 0.25) is 5.82 Å². The van der Waals surface area contributed by atoms with E-state index in [1.54, 1.807) is 0 Å². The molecule has 1 aromatic rings. The molecule has 2 unspecified atom stereocenters. The maximum Gasteiger partial charge on any atom is 0.305 e. The predicted molar refractivity (Wildman–Crippen MR) is 68.6 cm³/mol. The molecule has 6 heteroatoms. The van der Waals surface area contributed by atoms with Crippen molar-refractivity contribution < 1.29 is 14.1 Å². The van der Waals surface area contributed by atoms with Crippen molar-refractivity contribution in [2.75, 3.05) is 0 Å². The fraction of sp³-hybridized carbons (Fsp3) is 0.500. The molecule has 18 heavy (non-hydrogen) atoms. The highest BCUT2D eigenvalue weighted by atomic mass is 79.9. The first-order valence-electron chi connectivity index (χ1n) is 5.57. The molecule has 0 N–H and O–H groups in total. The summed E-state index contributed by atoms with van der Waals surface area (Å²) in [5, 5.41) is 10.5. The molecule has 0 amide bonds. The van der Waals surface area contributed by atoms with Crippen LogP contribution in [0, 0.1) is 21.3 Å². The third-order valence-electron chi connectivity index (χ3n) is 3.45. The average Bonchev–Trinajstić information content (AvgIpc) is 2.28. The maximum atomic E-state index is 13.4. The van der Waals surface area contributed by atoms with Gasteiger partial charge in [-0.2, -0.15) is 4.39 Å². The largest absolute Gasteiger partial charge is 0.490 e. The highest BCUT2D eigenvalue weighted by Gasteiger charge is 2.48. The Kier molecular flexibility index (Phi) is 3.31. The van der Waals surface area contributed by atoms with Gasteiger partial charge < -0.3 is 4.74 Å². The number of halogens is 2. The van der Waals surface area contributed by atoms with Gasteiger partial charge in [0.25, 0.3) is 0 Å². The molecule has 4 nitrogen and oxygen atoms in total. The van der Waals surface area contributed by atoms with Crippen molar-refractivity contribution in [1.82, 2.24) is 0 Å². The van der Waals surface area contributed by atoms with Crippen molar-refractivity contribution in [3.05, 3.63) is 34.1 Å². The van der Waals surface area contributed by atoms with Crippen LogP contribution >= 0.6 is 15.9 Å². The van der Waals surface area contributed by atoms with E-state index in [9.17, 15) is 14.5 Å². The van der Waals surface area contributed by atoms with Crippen molar-refractivity contribution in [1.29, 1.82) is 0 Å². The summed E-state index contributed by atoms with van der Waals surface area (Å²) in [7, 11) is 0. The molecular formula is C12H13BrFNO3. The van der Waals surface area contributed by atoms with Crippen LogP contribution in [0.5, 0.6) is 5.75 Å². The molecule has 1 fully saturated rings. The lowest BCUT2D eigenvalue weighted by Gasteiger charge is -2.48. The van der Waals surface area contributed by atoms with Crippen LogP contribution in [0.3, 0.4) is 0 Å². The summed E-state index contributed by atoms with van der Waals surface area (Å²) in [6.07, 6.45) is 0.828. The number of rotatable bonds is 3. The second-order valence-corrected chi connectivity index (χ2v) is 6.11. The first kappa shape index (κ1) is 13.3. The molecule has 0 saturated heterocycles. The van der Waals surface area contributed by atoms with Gasteiger partial charge >= 0.3 is 5.69 Å². The highest BCUT2D eigenvalue weighted by molar-refractivity contribution is 9.09. The van der Waals surface area contributed by atoms with E-state index in [1.165, 1.54) is 6.07 Å². The lowest BCUT2D eigenvalue weighted by molar-refractivity contribution is -0.387. The molecule has 1 aliphatic carbocycles. The Bertz CT molecular complexity index is 492. The average molecular weight is 318 g/mol. The molecule has 1 saturated carbocycles. The van der Waals surface area contributed by atoms with E-state index in [1.807, 2.05) is 0 Å². The minimum Gasteiger partial charge on any atom is -0.490 e. The van der Waals surface area contributed by atoms with Gasteiger partial charge in [-0.3, -0.25) is 10.1 Å². The van der Waals surface area contributed by atoms with Crippen LogP contribution in [0.15, 0.2) is 18.2 Å². The molecular weight excluding hydrogens is 305 g/mol. The van der Waals surface area contributed by atoms with Crippen LogP contribution in [-0.4, -0.2) is 15.9 Å². The van der Waals surface area contributed by atoms with E-state index < -0.39 is 16.4 Å². The van der Waals surface area contributed by atoms with E-state index >= 15 is 0 Å². The maximum absolute atomic E-state index is 13.4. The lowest BCUT2D eigenvalue weighted by Crippen LogP contribution is -2.53. The van der Waals surface area contributed by atoms with Gasteiger partial charge in [0.05, 0.1) is 4.92 Å². The molecule has 0 bridgehead atoms. The molecule has 0 radical (unpaired) electrons. The fourth-order valence-electron chi connectivity index (χ4n) is 1.91. The molecule has 0 aromatic heterocycles. The SMILES string of the molecule is CC1(C)C(Br)CC1Oc1ccc([N+](=O)[O-])c(F)c1. The predicted octanol–water partition coefficient (Wildman–Crippen LogP) is 3.67. The Morgan fingerprint density at radius 3 is 2.67 bits per heavy atom. The van der Waals surface area contributed by atoms with Crippen molar-refractivity contribution in [2.45, 2.75) is 31.2 Å². The molecule has 98 valence electrons. The van der Waals surface area contributed by atoms with E-state index in [0.717, 1.165) is 18.6 Å². The van der Waals surface area contributed by atoms with Crippen LogP contribution in [0.4, 0.5) is 10.1 Å². The first-order valence-corrected chi connectivity index (χ1v) is 6.48. The smallest absolute Gasteiger partial charge is 0.305 e. The number of nitrogens with zero attached hydrogens (tertiary/aromatic N) is 1. The first-order chi connectivity index (χ1) is 8.32. The Hall–Kier alpha value is -1.17. The molecule has 2 atom stereocenters. The number of nitro groups is 1. The topological polar surface area (TPSA) is 52.4 Å². The molecule has 1 aromatic carbocycles. The second kappa shape index (κ2) is 4.50. The summed E-state index contributed by atoms with van der Waals surface area (Å²) < 4.78 is 19.1. The standard InChI is InChI=1S/C12H13BrFNO3/c1-12(2)10(13)6-11(12)18-7-3-4-9(15(16)17)8(14)5-7/h3-5,10-11H,6H2,1-2H3. The third-order valence-corrected chi connectivity index (χ3v) is 5.01. The normalized spacial score (nSPS) is 25.3. The van der Waals surface area contributed by atoms with Crippen molar-refractivity contribution in [3.8, 4) is 5.75 Å². The fourth-order valence-corrected chi connectivity index (χ4v) is 2.54. The Morgan fingerprint density at radius 2 is 2.22 bits per heavy atom. The second-order valence-electron chi connectivity index (χ2n) is 5.00. The van der Waals surface area contributed by atoms with Gasteiger partial charge in [-0.05, 0) is 12.5 Å². The highest BCUT2D eigenvalue weighted by Crippen LogP contribution is 2.47. The third kappa shape index (κ3) is 2.21. The van der Waals surface area contributed by atoms with Gasteiger partial charge in [0, 0.05) is 22.4 Å². The Labute approximate surface area is 112 Å². The van der Waals surface area contributed by atoms with Crippen molar-refractivity contribution in [3.63, 3.8) is 0 Å². The number of hydrogen-bond acceptors (Lipinski definition) is 3. The monoisotopic (exact) mass is 317 g/mol. The van der Waals surface area contributed by atoms with Crippen LogP contribution in [0.1, 0.15) is 20.3 Å². The van der Waals surface area contributed by atoms with E-state index in [4.69, 9.17) is 4.74 Å². The Morgan fingerprint density at radius 1 is 1.56 bits per heavy atom. The zero-order valence-corrected chi connectivity index (χ0v) is 11.6.